The first kappa shape index (κ1) is 17.5. The number of carbonyl (C=O) groups is 1. The first-order chi connectivity index (χ1) is 9.81. The van der Waals surface area contributed by atoms with Crippen LogP contribution in [0.5, 0.6) is 0 Å². The molecule has 1 atom stereocenters. The second-order valence-corrected chi connectivity index (χ2v) is 7.37. The van der Waals surface area contributed by atoms with Gasteiger partial charge in [-0.05, 0) is 44.5 Å². The average Bonchev–Trinajstić information content (AvgIpc) is 2.46. The Bertz CT molecular complexity index is 567. The van der Waals surface area contributed by atoms with E-state index in [4.69, 9.17) is 0 Å². The molecule has 0 saturated carbocycles. The molecule has 21 heavy (non-hydrogen) atoms. The molecular formula is C15H24N2O3S. The highest BCUT2D eigenvalue weighted by Crippen LogP contribution is 2.17. The second-order valence-electron chi connectivity index (χ2n) is 5.08. The summed E-state index contributed by atoms with van der Waals surface area (Å²) < 4.78 is 24.8. The van der Waals surface area contributed by atoms with Crippen LogP contribution in [0.25, 0.3) is 0 Å². The minimum atomic E-state index is -3.28. The van der Waals surface area contributed by atoms with E-state index in [9.17, 15) is 13.2 Å². The smallest absolute Gasteiger partial charge is 0.251 e. The highest BCUT2D eigenvalue weighted by Gasteiger charge is 2.16. The molecule has 0 radical (unpaired) electrons. The topological polar surface area (TPSA) is 66.5 Å². The first-order valence-electron chi connectivity index (χ1n) is 7.19. The van der Waals surface area contributed by atoms with E-state index in [0.29, 0.717) is 11.3 Å². The number of nitrogens with one attached hydrogen (secondary N) is 1. The number of carbonyl (C=O) groups excluding carboxylic acids is 1. The highest BCUT2D eigenvalue weighted by atomic mass is 32.2. The summed E-state index contributed by atoms with van der Waals surface area (Å²) in [6.45, 7) is 5.64. The minimum Gasteiger partial charge on any atom is -0.350 e. The van der Waals surface area contributed by atoms with Gasteiger partial charge in [-0.3, -0.25) is 9.10 Å². The Kier molecular flexibility index (Phi) is 6.20. The van der Waals surface area contributed by atoms with Gasteiger partial charge >= 0.3 is 0 Å². The van der Waals surface area contributed by atoms with Gasteiger partial charge in [0.1, 0.15) is 0 Å². The van der Waals surface area contributed by atoms with Gasteiger partial charge in [0, 0.05) is 18.7 Å². The van der Waals surface area contributed by atoms with Crippen LogP contribution in [0.1, 0.15) is 44.0 Å². The molecule has 6 heteroatoms. The number of amides is 1. The quantitative estimate of drug-likeness (QED) is 0.840. The Balaban J connectivity index is 2.81. The van der Waals surface area contributed by atoms with Gasteiger partial charge in [-0.25, -0.2) is 8.42 Å². The Morgan fingerprint density at radius 1 is 1.24 bits per heavy atom. The molecular weight excluding hydrogens is 288 g/mol. The maximum Gasteiger partial charge on any atom is 0.251 e. The molecule has 0 bridgehead atoms. The number of hydrogen-bond acceptors (Lipinski definition) is 3. The van der Waals surface area contributed by atoms with Crippen molar-refractivity contribution >= 4 is 21.6 Å². The molecule has 1 aromatic rings. The number of benzene rings is 1. The van der Waals surface area contributed by atoms with E-state index in [2.05, 4.69) is 12.2 Å². The zero-order valence-electron chi connectivity index (χ0n) is 13.1. The second kappa shape index (κ2) is 7.45. The third kappa shape index (κ3) is 4.74. The summed E-state index contributed by atoms with van der Waals surface area (Å²) in [5, 5.41) is 2.92. The maximum absolute atomic E-state index is 12.0. The van der Waals surface area contributed by atoms with E-state index in [1.54, 1.807) is 31.2 Å². The summed E-state index contributed by atoms with van der Waals surface area (Å²) in [6.07, 6.45) is 1.95. The van der Waals surface area contributed by atoms with Gasteiger partial charge in [0.15, 0.2) is 0 Å². The summed E-state index contributed by atoms with van der Waals surface area (Å²) in [5.41, 5.74) is 1.08. The Labute approximate surface area is 127 Å². The Morgan fingerprint density at radius 3 is 2.29 bits per heavy atom. The van der Waals surface area contributed by atoms with E-state index in [-0.39, 0.29) is 17.7 Å². The van der Waals surface area contributed by atoms with Crippen molar-refractivity contribution in [2.24, 2.45) is 0 Å². The fourth-order valence-corrected chi connectivity index (χ4v) is 2.82. The molecule has 0 aliphatic carbocycles. The van der Waals surface area contributed by atoms with E-state index in [0.717, 1.165) is 12.8 Å². The summed E-state index contributed by atoms with van der Waals surface area (Å²) in [4.78, 5) is 12.0. The first-order valence-corrected chi connectivity index (χ1v) is 8.80. The summed E-state index contributed by atoms with van der Waals surface area (Å²) in [6, 6.07) is 6.71. The fraction of sp³-hybridized carbons (Fsp3) is 0.533. The highest BCUT2D eigenvalue weighted by molar-refractivity contribution is 7.92. The molecule has 1 amide bonds. The zero-order valence-corrected chi connectivity index (χ0v) is 13.9. The fourth-order valence-electron chi connectivity index (χ4n) is 1.99. The molecule has 0 aromatic heterocycles. The molecule has 1 aromatic carbocycles. The maximum atomic E-state index is 12.0. The molecule has 0 aliphatic rings. The van der Waals surface area contributed by atoms with Crippen LogP contribution >= 0.6 is 0 Å². The van der Waals surface area contributed by atoms with Crippen LogP contribution in [0.15, 0.2) is 24.3 Å². The van der Waals surface area contributed by atoms with Crippen molar-refractivity contribution in [1.29, 1.82) is 0 Å². The molecule has 118 valence electrons. The molecule has 0 unspecified atom stereocenters. The van der Waals surface area contributed by atoms with E-state index in [1.807, 2.05) is 6.92 Å². The van der Waals surface area contributed by atoms with Gasteiger partial charge in [-0.1, -0.05) is 13.3 Å². The zero-order chi connectivity index (χ0) is 16.0. The van der Waals surface area contributed by atoms with Gasteiger partial charge < -0.3 is 5.32 Å². The summed E-state index contributed by atoms with van der Waals surface area (Å²) >= 11 is 0. The van der Waals surface area contributed by atoms with Crippen LogP contribution < -0.4 is 9.62 Å². The monoisotopic (exact) mass is 312 g/mol. The number of anilines is 1. The van der Waals surface area contributed by atoms with Crippen LogP contribution in [-0.4, -0.2) is 33.2 Å². The predicted molar refractivity (Wildman–Crippen MR) is 86.1 cm³/mol. The third-order valence-electron chi connectivity index (χ3n) is 3.37. The Hall–Kier alpha value is -1.56. The number of nitrogens with zero attached hydrogens (tertiary/aromatic N) is 1. The van der Waals surface area contributed by atoms with E-state index in [1.165, 1.54) is 11.4 Å². The van der Waals surface area contributed by atoms with E-state index < -0.39 is 10.0 Å². The largest absolute Gasteiger partial charge is 0.350 e. The number of sulfonamides is 1. The van der Waals surface area contributed by atoms with Crippen LogP contribution in [0.4, 0.5) is 5.69 Å². The lowest BCUT2D eigenvalue weighted by Crippen LogP contribution is -2.32. The molecule has 0 fully saturated rings. The third-order valence-corrected chi connectivity index (χ3v) is 5.15. The minimum absolute atomic E-state index is 0.0419. The normalized spacial score (nSPS) is 12.8. The molecule has 1 rings (SSSR count). The SMILES string of the molecule is CCC[C@H](C)NC(=O)c1ccc(N(C)S(=O)(=O)CC)cc1. The predicted octanol–water partition coefficient (Wildman–Crippen LogP) is 2.39. The summed E-state index contributed by atoms with van der Waals surface area (Å²) in [7, 11) is -1.77. The molecule has 5 nitrogen and oxygen atoms in total. The van der Waals surface area contributed by atoms with Crippen molar-refractivity contribution in [1.82, 2.24) is 5.32 Å². The van der Waals surface area contributed by atoms with Gasteiger partial charge in [0.05, 0.1) is 11.4 Å². The average molecular weight is 312 g/mol. The lowest BCUT2D eigenvalue weighted by Gasteiger charge is -2.19. The molecule has 0 aliphatic heterocycles. The van der Waals surface area contributed by atoms with Gasteiger partial charge in [-0.15, -0.1) is 0 Å². The van der Waals surface area contributed by atoms with Crippen LogP contribution in [0.3, 0.4) is 0 Å². The number of rotatable bonds is 7. The molecule has 0 heterocycles. The van der Waals surface area contributed by atoms with Crippen LogP contribution in [-0.2, 0) is 10.0 Å². The number of hydrogen-bond donors (Lipinski definition) is 1. The summed E-state index contributed by atoms with van der Waals surface area (Å²) in [5.74, 6) is -0.0937. The van der Waals surface area contributed by atoms with Crippen molar-refractivity contribution in [2.75, 3.05) is 17.1 Å². The molecule has 1 N–H and O–H groups in total. The lowest BCUT2D eigenvalue weighted by atomic mass is 10.1. The van der Waals surface area contributed by atoms with Crippen LogP contribution in [0.2, 0.25) is 0 Å². The van der Waals surface area contributed by atoms with Crippen molar-refractivity contribution in [2.45, 2.75) is 39.7 Å². The van der Waals surface area contributed by atoms with Crippen molar-refractivity contribution in [3.8, 4) is 0 Å². The molecule has 0 saturated heterocycles. The van der Waals surface area contributed by atoms with Crippen molar-refractivity contribution < 1.29 is 13.2 Å². The standard InChI is InChI=1S/C15H24N2O3S/c1-5-7-12(3)16-15(18)13-8-10-14(11-9-13)17(4)21(19,20)6-2/h8-12H,5-7H2,1-4H3,(H,16,18)/t12-/m0/s1. The lowest BCUT2D eigenvalue weighted by molar-refractivity contribution is 0.0938. The van der Waals surface area contributed by atoms with Gasteiger partial charge in [-0.2, -0.15) is 0 Å². The van der Waals surface area contributed by atoms with Crippen molar-refractivity contribution in [3.05, 3.63) is 29.8 Å². The molecule has 0 spiro atoms. The van der Waals surface area contributed by atoms with Crippen molar-refractivity contribution in [3.63, 3.8) is 0 Å². The van der Waals surface area contributed by atoms with Gasteiger partial charge in [0.25, 0.3) is 5.91 Å². The van der Waals surface area contributed by atoms with Crippen LogP contribution in [0, 0.1) is 0 Å². The van der Waals surface area contributed by atoms with E-state index >= 15 is 0 Å². The van der Waals surface area contributed by atoms with Gasteiger partial charge in [0.2, 0.25) is 10.0 Å². The Morgan fingerprint density at radius 2 is 1.81 bits per heavy atom.